The smallest absolute Gasteiger partial charge is 0.346 e. The van der Waals surface area contributed by atoms with Gasteiger partial charge in [0.05, 0.1) is 6.54 Å². The van der Waals surface area contributed by atoms with E-state index in [9.17, 15) is 9.59 Å². The summed E-state index contributed by atoms with van der Waals surface area (Å²) in [6, 6.07) is 13.1. The lowest BCUT2D eigenvalue weighted by Crippen LogP contribution is -2.39. The Kier molecular flexibility index (Phi) is 5.41. The summed E-state index contributed by atoms with van der Waals surface area (Å²) >= 11 is 0. The fourth-order valence-electron chi connectivity index (χ4n) is 3.11. The third-order valence-corrected chi connectivity index (χ3v) is 4.75. The SMILES string of the molecule is CC(Oc1ccccc1)C(=O)NCCn1nc(-c2cccnc2)n(C2CC2)c1=O. The molecule has 150 valence electrons. The molecule has 29 heavy (non-hydrogen) atoms. The zero-order valence-electron chi connectivity index (χ0n) is 16.2. The van der Waals surface area contributed by atoms with Crippen molar-refractivity contribution >= 4 is 5.91 Å². The molecule has 1 fully saturated rings. The molecule has 1 aliphatic carbocycles. The van der Waals surface area contributed by atoms with Crippen LogP contribution >= 0.6 is 0 Å². The van der Waals surface area contributed by atoms with Crippen LogP contribution in [0.2, 0.25) is 0 Å². The van der Waals surface area contributed by atoms with Crippen molar-refractivity contribution in [2.24, 2.45) is 0 Å². The first-order valence-electron chi connectivity index (χ1n) is 9.72. The summed E-state index contributed by atoms with van der Waals surface area (Å²) in [5, 5.41) is 7.30. The monoisotopic (exact) mass is 393 g/mol. The van der Waals surface area contributed by atoms with Gasteiger partial charge in [0.15, 0.2) is 11.9 Å². The number of para-hydroxylation sites is 1. The summed E-state index contributed by atoms with van der Waals surface area (Å²) in [5.41, 5.74) is 0.651. The molecule has 3 aromatic rings. The Morgan fingerprint density at radius 2 is 2.03 bits per heavy atom. The van der Waals surface area contributed by atoms with Gasteiger partial charge in [-0.3, -0.25) is 14.3 Å². The number of rotatable bonds is 8. The van der Waals surface area contributed by atoms with Crippen LogP contribution in [0.1, 0.15) is 25.8 Å². The molecule has 2 heterocycles. The van der Waals surface area contributed by atoms with Gasteiger partial charge in [0, 0.05) is 30.5 Å². The largest absolute Gasteiger partial charge is 0.481 e. The molecule has 0 aliphatic heterocycles. The van der Waals surface area contributed by atoms with Crippen molar-refractivity contribution in [2.75, 3.05) is 6.54 Å². The molecule has 8 nitrogen and oxygen atoms in total. The lowest BCUT2D eigenvalue weighted by atomic mass is 10.3. The molecule has 1 amide bonds. The second kappa shape index (κ2) is 8.30. The summed E-state index contributed by atoms with van der Waals surface area (Å²) in [7, 11) is 0. The summed E-state index contributed by atoms with van der Waals surface area (Å²) in [6.45, 7) is 2.27. The maximum Gasteiger partial charge on any atom is 0.346 e. The van der Waals surface area contributed by atoms with E-state index in [0.29, 0.717) is 11.6 Å². The molecule has 8 heteroatoms. The van der Waals surface area contributed by atoms with E-state index in [1.807, 2.05) is 30.3 Å². The highest BCUT2D eigenvalue weighted by Crippen LogP contribution is 2.36. The molecule has 1 atom stereocenters. The quantitative estimate of drug-likeness (QED) is 0.632. The number of nitrogens with zero attached hydrogens (tertiary/aromatic N) is 4. The van der Waals surface area contributed by atoms with E-state index in [-0.39, 0.29) is 30.7 Å². The average Bonchev–Trinajstić information content (AvgIpc) is 3.53. The van der Waals surface area contributed by atoms with E-state index >= 15 is 0 Å². The van der Waals surface area contributed by atoms with Gasteiger partial charge in [0.1, 0.15) is 5.75 Å². The molecule has 0 bridgehead atoms. The molecule has 2 aromatic heterocycles. The van der Waals surface area contributed by atoms with Gasteiger partial charge in [0.2, 0.25) is 0 Å². The van der Waals surface area contributed by atoms with Crippen LogP contribution in [0.3, 0.4) is 0 Å². The summed E-state index contributed by atoms with van der Waals surface area (Å²) in [6.07, 6.45) is 4.71. The van der Waals surface area contributed by atoms with E-state index in [1.165, 1.54) is 4.68 Å². The van der Waals surface area contributed by atoms with Crippen LogP contribution in [0.15, 0.2) is 59.7 Å². The normalized spacial score (nSPS) is 14.4. The molecule has 1 N–H and O–H groups in total. The maximum atomic E-state index is 12.8. The second-order valence-electron chi connectivity index (χ2n) is 7.04. The van der Waals surface area contributed by atoms with Crippen molar-refractivity contribution in [1.29, 1.82) is 0 Å². The first kappa shape index (κ1) is 18.9. The Morgan fingerprint density at radius 1 is 1.24 bits per heavy atom. The number of hydrogen-bond donors (Lipinski definition) is 1. The van der Waals surface area contributed by atoms with E-state index in [4.69, 9.17) is 4.74 Å². The highest BCUT2D eigenvalue weighted by atomic mass is 16.5. The number of amides is 1. The van der Waals surface area contributed by atoms with Crippen molar-refractivity contribution in [3.63, 3.8) is 0 Å². The number of ether oxygens (including phenoxy) is 1. The van der Waals surface area contributed by atoms with Crippen LogP contribution in [-0.2, 0) is 11.3 Å². The number of benzene rings is 1. The molecule has 1 aliphatic rings. The van der Waals surface area contributed by atoms with Crippen molar-refractivity contribution in [3.05, 3.63) is 65.3 Å². The number of pyridine rings is 1. The highest BCUT2D eigenvalue weighted by molar-refractivity contribution is 5.80. The molecule has 4 rings (SSSR count). The maximum absolute atomic E-state index is 12.8. The van der Waals surface area contributed by atoms with Crippen molar-refractivity contribution in [2.45, 2.75) is 38.5 Å². The predicted molar refractivity (Wildman–Crippen MR) is 108 cm³/mol. The summed E-state index contributed by atoms with van der Waals surface area (Å²) in [4.78, 5) is 29.2. The van der Waals surface area contributed by atoms with Crippen molar-refractivity contribution < 1.29 is 9.53 Å². The first-order valence-corrected chi connectivity index (χ1v) is 9.72. The van der Waals surface area contributed by atoms with Crippen molar-refractivity contribution in [1.82, 2.24) is 24.6 Å². The minimum absolute atomic E-state index is 0.158. The van der Waals surface area contributed by atoms with Gasteiger partial charge in [-0.15, -0.1) is 5.10 Å². The molecular weight excluding hydrogens is 370 g/mol. The molecule has 1 aromatic carbocycles. The molecule has 0 spiro atoms. The van der Waals surface area contributed by atoms with Crippen LogP contribution < -0.4 is 15.7 Å². The van der Waals surface area contributed by atoms with Crippen LogP contribution in [0.25, 0.3) is 11.4 Å². The predicted octanol–water partition coefficient (Wildman–Crippen LogP) is 2.03. The number of carbonyl (C=O) groups excluding carboxylic acids is 1. The standard InChI is InChI=1S/C21H23N5O3/c1-15(29-18-7-3-2-4-8-18)20(27)23-12-13-25-21(28)26(17-9-10-17)19(24-25)16-6-5-11-22-14-16/h2-8,11,14-15,17H,9-10,12-13H2,1H3,(H,23,27). The van der Waals surface area contributed by atoms with Crippen LogP contribution in [0.5, 0.6) is 5.75 Å². The Morgan fingerprint density at radius 3 is 2.72 bits per heavy atom. The number of carbonyl (C=O) groups is 1. The minimum atomic E-state index is -0.635. The van der Waals surface area contributed by atoms with Crippen LogP contribution in [0, 0.1) is 0 Å². The zero-order valence-corrected chi connectivity index (χ0v) is 16.2. The Hall–Kier alpha value is -3.42. The molecular formula is C21H23N5O3. The second-order valence-corrected chi connectivity index (χ2v) is 7.04. The van der Waals surface area contributed by atoms with Gasteiger partial charge >= 0.3 is 5.69 Å². The molecule has 0 saturated heterocycles. The van der Waals surface area contributed by atoms with Gasteiger partial charge in [-0.05, 0) is 44.0 Å². The summed E-state index contributed by atoms with van der Waals surface area (Å²) < 4.78 is 8.76. The van der Waals surface area contributed by atoms with E-state index in [1.54, 1.807) is 36.0 Å². The van der Waals surface area contributed by atoms with E-state index in [0.717, 1.165) is 18.4 Å². The Balaban J connectivity index is 1.40. The first-order chi connectivity index (χ1) is 14.1. The summed E-state index contributed by atoms with van der Waals surface area (Å²) in [5.74, 6) is 1.02. The number of nitrogens with one attached hydrogen (secondary N) is 1. The van der Waals surface area contributed by atoms with Gasteiger partial charge in [-0.1, -0.05) is 18.2 Å². The zero-order chi connectivity index (χ0) is 20.2. The minimum Gasteiger partial charge on any atom is -0.481 e. The Labute approximate surface area is 168 Å². The highest BCUT2D eigenvalue weighted by Gasteiger charge is 2.30. The average molecular weight is 393 g/mol. The lowest BCUT2D eigenvalue weighted by Gasteiger charge is -2.14. The molecule has 0 radical (unpaired) electrons. The third kappa shape index (κ3) is 4.37. The van der Waals surface area contributed by atoms with Gasteiger partial charge in [-0.2, -0.15) is 0 Å². The lowest BCUT2D eigenvalue weighted by molar-refractivity contribution is -0.127. The van der Waals surface area contributed by atoms with Crippen LogP contribution in [0.4, 0.5) is 0 Å². The van der Waals surface area contributed by atoms with Gasteiger partial charge in [-0.25, -0.2) is 9.48 Å². The Bertz CT molecular complexity index is 1030. The van der Waals surface area contributed by atoms with Crippen LogP contribution in [-0.4, -0.2) is 37.9 Å². The van der Waals surface area contributed by atoms with E-state index < -0.39 is 6.10 Å². The third-order valence-electron chi connectivity index (χ3n) is 4.75. The number of hydrogen-bond acceptors (Lipinski definition) is 5. The van der Waals surface area contributed by atoms with E-state index in [2.05, 4.69) is 15.4 Å². The fourth-order valence-corrected chi connectivity index (χ4v) is 3.11. The topological polar surface area (TPSA) is 91.0 Å². The molecule has 1 unspecified atom stereocenters. The number of aromatic nitrogens is 4. The van der Waals surface area contributed by atoms with Gasteiger partial charge < -0.3 is 10.1 Å². The molecule has 1 saturated carbocycles. The van der Waals surface area contributed by atoms with Crippen molar-refractivity contribution in [3.8, 4) is 17.1 Å². The fraction of sp³-hybridized carbons (Fsp3) is 0.333. The van der Waals surface area contributed by atoms with Gasteiger partial charge in [0.25, 0.3) is 5.91 Å².